The summed E-state index contributed by atoms with van der Waals surface area (Å²) in [7, 11) is -1.56. The van der Waals surface area contributed by atoms with E-state index in [4.69, 9.17) is 13.3 Å². The molecule has 1 aromatic carbocycles. The van der Waals surface area contributed by atoms with Gasteiger partial charge in [0.15, 0.2) is 23.3 Å². The Morgan fingerprint density at radius 3 is 1.46 bits per heavy atom. The van der Waals surface area contributed by atoms with Gasteiger partial charge >= 0.3 is 8.80 Å². The van der Waals surface area contributed by atoms with Crippen molar-refractivity contribution in [2.75, 3.05) is 7.11 Å². The van der Waals surface area contributed by atoms with Gasteiger partial charge in [-0.15, -0.1) is 0 Å². The van der Waals surface area contributed by atoms with Crippen LogP contribution in [0, 0.1) is 29.1 Å². The number of benzene rings is 1. The van der Waals surface area contributed by atoms with E-state index in [0.29, 0.717) is 12.8 Å². The van der Waals surface area contributed by atoms with Gasteiger partial charge in [-0.1, -0.05) is 0 Å². The van der Waals surface area contributed by atoms with Crippen molar-refractivity contribution < 1.29 is 35.2 Å². The number of rotatable bonds is 7. The number of halogens is 5. The molecule has 0 N–H and O–H groups in total. The summed E-state index contributed by atoms with van der Waals surface area (Å²) in [5, 5.41) is 0. The van der Waals surface area contributed by atoms with Gasteiger partial charge in [-0.25, -0.2) is 22.0 Å². The first-order valence-electron chi connectivity index (χ1n) is 9.46. The van der Waals surface area contributed by atoms with Gasteiger partial charge in [0.05, 0.1) is 0 Å². The smallest absolute Gasteiger partial charge is 0.377 e. The molecule has 2 rings (SSSR count). The van der Waals surface area contributed by atoms with Gasteiger partial charge in [0.2, 0.25) is 5.82 Å². The Kier molecular flexibility index (Phi) is 7.63. The lowest BCUT2D eigenvalue weighted by atomic mass is 9.83. The first-order valence-corrected chi connectivity index (χ1v) is 11.3. The van der Waals surface area contributed by atoms with Crippen LogP contribution in [0.5, 0.6) is 0 Å². The van der Waals surface area contributed by atoms with Crippen LogP contribution >= 0.6 is 0 Å². The van der Waals surface area contributed by atoms with Crippen LogP contribution < -0.4 is 0 Å². The molecule has 0 radical (unpaired) electrons. The normalized spacial score (nSPS) is 21.0. The van der Waals surface area contributed by atoms with Crippen LogP contribution in [0.3, 0.4) is 0 Å². The molecule has 0 spiro atoms. The zero-order valence-corrected chi connectivity index (χ0v) is 17.8. The standard InChI is InChI=1S/C19H27F5O3Si/c1-10(2)26-28(25-5,27-11(3)4)13-8-6-12(7-9-13)14-15(20)17(22)19(24)18(23)16(14)21/h10-13H,6-9H2,1-5H3. The molecule has 160 valence electrons. The number of hydrogen-bond acceptors (Lipinski definition) is 3. The molecule has 1 saturated carbocycles. The largest absolute Gasteiger partial charge is 0.504 e. The van der Waals surface area contributed by atoms with Gasteiger partial charge in [0.25, 0.3) is 0 Å². The fourth-order valence-electron chi connectivity index (χ4n) is 3.86. The minimum absolute atomic E-state index is 0.111. The molecule has 0 unspecified atom stereocenters. The summed E-state index contributed by atoms with van der Waals surface area (Å²) in [6, 6.07) is 0. The molecule has 3 nitrogen and oxygen atoms in total. The van der Waals surface area contributed by atoms with Crippen molar-refractivity contribution in [2.24, 2.45) is 0 Å². The van der Waals surface area contributed by atoms with E-state index in [1.54, 1.807) is 0 Å². The molecule has 1 aliphatic carbocycles. The monoisotopic (exact) mass is 426 g/mol. The lowest BCUT2D eigenvalue weighted by Crippen LogP contribution is -2.53. The van der Waals surface area contributed by atoms with Crippen molar-refractivity contribution in [1.82, 2.24) is 0 Å². The Bertz CT molecular complexity index is 652. The Hall–Kier alpha value is -1.03. The first-order chi connectivity index (χ1) is 13.0. The van der Waals surface area contributed by atoms with E-state index in [2.05, 4.69) is 0 Å². The minimum atomic E-state index is -3.08. The van der Waals surface area contributed by atoms with Crippen molar-refractivity contribution in [2.45, 2.75) is 77.0 Å². The molecule has 0 aliphatic heterocycles. The second-order valence-corrected chi connectivity index (χ2v) is 10.6. The third-order valence-electron chi connectivity index (χ3n) is 4.96. The molecule has 0 aromatic heterocycles. The van der Waals surface area contributed by atoms with Gasteiger partial charge < -0.3 is 13.3 Å². The van der Waals surface area contributed by atoms with E-state index in [9.17, 15) is 22.0 Å². The Morgan fingerprint density at radius 1 is 0.714 bits per heavy atom. The lowest BCUT2D eigenvalue weighted by molar-refractivity contribution is 0.0197. The third kappa shape index (κ3) is 4.58. The predicted molar refractivity (Wildman–Crippen MR) is 96.4 cm³/mol. The van der Waals surface area contributed by atoms with E-state index < -0.39 is 49.4 Å². The van der Waals surface area contributed by atoms with E-state index in [1.807, 2.05) is 27.7 Å². The van der Waals surface area contributed by atoms with Crippen molar-refractivity contribution in [3.05, 3.63) is 34.6 Å². The topological polar surface area (TPSA) is 27.7 Å². The van der Waals surface area contributed by atoms with Crippen molar-refractivity contribution in [3.8, 4) is 0 Å². The fraction of sp³-hybridized carbons (Fsp3) is 0.684. The number of hydrogen-bond donors (Lipinski definition) is 0. The van der Waals surface area contributed by atoms with E-state index in [0.717, 1.165) is 0 Å². The SMILES string of the molecule is CO[Si](OC(C)C)(OC(C)C)C1CCC(c2c(F)c(F)c(F)c(F)c2F)CC1. The molecule has 9 heteroatoms. The minimum Gasteiger partial charge on any atom is -0.377 e. The molecule has 1 fully saturated rings. The van der Waals surface area contributed by atoms with Crippen molar-refractivity contribution >= 4 is 8.80 Å². The summed E-state index contributed by atoms with van der Waals surface area (Å²) in [6.45, 7) is 7.46. The van der Waals surface area contributed by atoms with Crippen LogP contribution in [0.25, 0.3) is 0 Å². The van der Waals surface area contributed by atoms with Crippen LogP contribution in [-0.4, -0.2) is 28.1 Å². The summed E-state index contributed by atoms with van der Waals surface area (Å²) in [6.07, 6.45) is 1.12. The Morgan fingerprint density at radius 2 is 1.11 bits per heavy atom. The van der Waals surface area contributed by atoms with Crippen LogP contribution in [0.1, 0.15) is 64.9 Å². The van der Waals surface area contributed by atoms with Gasteiger partial charge in [-0.3, -0.25) is 0 Å². The molecular formula is C19H27F5O3Si. The summed E-state index contributed by atoms with van der Waals surface area (Å²) in [5.41, 5.74) is -0.839. The zero-order chi connectivity index (χ0) is 21.2. The Balaban J connectivity index is 2.26. The van der Waals surface area contributed by atoms with E-state index >= 15 is 0 Å². The molecule has 0 saturated heterocycles. The van der Waals surface area contributed by atoms with Crippen LogP contribution in [-0.2, 0) is 13.3 Å². The first kappa shape index (κ1) is 23.2. The van der Waals surface area contributed by atoms with E-state index in [1.165, 1.54) is 7.11 Å². The average molecular weight is 426 g/mol. The molecule has 1 aromatic rings. The maximum atomic E-state index is 14.1. The second kappa shape index (κ2) is 9.19. The molecule has 0 amide bonds. The van der Waals surface area contributed by atoms with Crippen LogP contribution in [0.15, 0.2) is 0 Å². The highest BCUT2D eigenvalue weighted by Crippen LogP contribution is 2.46. The summed E-state index contributed by atoms with van der Waals surface area (Å²) in [4.78, 5) is 0. The maximum Gasteiger partial charge on any atom is 0.504 e. The van der Waals surface area contributed by atoms with Crippen molar-refractivity contribution in [1.29, 1.82) is 0 Å². The highest BCUT2D eigenvalue weighted by molar-refractivity contribution is 6.62. The average Bonchev–Trinajstić information content (AvgIpc) is 2.64. The highest BCUT2D eigenvalue weighted by Gasteiger charge is 2.51. The quantitative estimate of drug-likeness (QED) is 0.237. The summed E-state index contributed by atoms with van der Waals surface area (Å²) < 4.78 is 86.5. The van der Waals surface area contributed by atoms with Gasteiger partial charge in [-0.05, 0) is 59.3 Å². The highest BCUT2D eigenvalue weighted by atomic mass is 28.4. The van der Waals surface area contributed by atoms with Gasteiger partial charge in [0.1, 0.15) is 0 Å². The molecule has 0 heterocycles. The molecular weight excluding hydrogens is 399 g/mol. The van der Waals surface area contributed by atoms with Crippen LogP contribution in [0.4, 0.5) is 22.0 Å². The van der Waals surface area contributed by atoms with Crippen molar-refractivity contribution in [3.63, 3.8) is 0 Å². The zero-order valence-electron chi connectivity index (χ0n) is 16.8. The molecule has 28 heavy (non-hydrogen) atoms. The summed E-state index contributed by atoms with van der Waals surface area (Å²) in [5.74, 6) is -10.2. The fourth-order valence-corrected chi connectivity index (χ4v) is 7.18. The maximum absolute atomic E-state index is 14.1. The third-order valence-corrected chi connectivity index (χ3v) is 8.71. The Labute approximate surface area is 163 Å². The lowest BCUT2D eigenvalue weighted by Gasteiger charge is -2.40. The van der Waals surface area contributed by atoms with E-state index in [-0.39, 0.29) is 30.6 Å². The molecule has 1 aliphatic rings. The predicted octanol–water partition coefficient (Wildman–Crippen LogP) is 5.85. The van der Waals surface area contributed by atoms with Gasteiger partial charge in [-0.2, -0.15) is 0 Å². The molecule has 0 bridgehead atoms. The van der Waals surface area contributed by atoms with Gasteiger partial charge in [0, 0.05) is 30.4 Å². The summed E-state index contributed by atoms with van der Waals surface area (Å²) >= 11 is 0. The van der Waals surface area contributed by atoms with Crippen LogP contribution in [0.2, 0.25) is 5.54 Å². The molecule has 0 atom stereocenters. The second-order valence-electron chi connectivity index (χ2n) is 7.67.